The van der Waals surface area contributed by atoms with E-state index in [1.165, 1.54) is 0 Å². The van der Waals surface area contributed by atoms with Crippen LogP contribution in [0.2, 0.25) is 0 Å². The Morgan fingerprint density at radius 2 is 1.69 bits per heavy atom. The molecule has 0 bridgehead atoms. The van der Waals surface area contributed by atoms with Crippen molar-refractivity contribution in [2.24, 2.45) is 5.73 Å². The molecule has 1 aliphatic heterocycles. The van der Waals surface area contributed by atoms with Gasteiger partial charge in [0, 0.05) is 19.0 Å². The average molecular weight is 618 g/mol. The van der Waals surface area contributed by atoms with Gasteiger partial charge < -0.3 is 35.8 Å². The van der Waals surface area contributed by atoms with E-state index in [1.807, 2.05) is 60.7 Å². The van der Waals surface area contributed by atoms with Crippen molar-refractivity contribution >= 4 is 35.3 Å². The van der Waals surface area contributed by atoms with E-state index in [0.29, 0.717) is 36.5 Å². The summed E-state index contributed by atoms with van der Waals surface area (Å²) < 4.78 is 10.8. The molecule has 12 heteroatoms. The number of amidine groups is 1. The highest BCUT2D eigenvalue weighted by Crippen LogP contribution is 2.34. The second-order valence-electron chi connectivity index (χ2n) is 10.3. The fourth-order valence-corrected chi connectivity index (χ4v) is 4.49. The Kier molecular flexibility index (Phi) is 12.6. The number of esters is 1. The minimum Gasteiger partial charge on any atom is -0.482 e. The number of carbonyl (C=O) groups is 4. The van der Waals surface area contributed by atoms with Crippen LogP contribution in [0, 0.1) is 5.41 Å². The largest absolute Gasteiger partial charge is 0.482 e. The number of nitrogens with two attached hydrogens (primary N) is 1. The summed E-state index contributed by atoms with van der Waals surface area (Å²) in [5.74, 6) is -1.22. The molecule has 12 nitrogen and oxygen atoms in total. The van der Waals surface area contributed by atoms with Crippen molar-refractivity contribution < 1.29 is 33.8 Å². The first-order valence-electron chi connectivity index (χ1n) is 14.4. The van der Waals surface area contributed by atoms with Crippen LogP contribution in [0.25, 0.3) is 0 Å². The minimum atomic E-state index is -0.833. The van der Waals surface area contributed by atoms with Gasteiger partial charge in [-0.05, 0) is 49.1 Å². The van der Waals surface area contributed by atoms with Crippen molar-refractivity contribution in [1.29, 1.82) is 5.41 Å². The number of carboxylic acid groups (broad SMARTS) is 1. The molecule has 3 aromatic rings. The van der Waals surface area contributed by atoms with Crippen molar-refractivity contribution in [3.05, 3.63) is 95.1 Å². The average Bonchev–Trinajstić information content (AvgIpc) is 3.01. The van der Waals surface area contributed by atoms with Gasteiger partial charge in [0.1, 0.15) is 17.6 Å². The van der Waals surface area contributed by atoms with Crippen LogP contribution in [0.4, 0.5) is 5.69 Å². The fraction of sp³-hybridized carbons (Fsp3) is 0.303. The molecule has 238 valence electrons. The number of amides is 2. The van der Waals surface area contributed by atoms with E-state index in [9.17, 15) is 14.4 Å². The molecule has 0 aliphatic carbocycles. The van der Waals surface area contributed by atoms with E-state index in [2.05, 4.69) is 10.6 Å². The molecule has 0 fully saturated rings. The van der Waals surface area contributed by atoms with Crippen LogP contribution in [0.1, 0.15) is 43.0 Å². The third-order valence-corrected chi connectivity index (χ3v) is 6.72. The van der Waals surface area contributed by atoms with E-state index < -0.39 is 24.0 Å². The SMILES string of the molecule is CC(=O)O.CCOC(=O)[C@H](C)NC(=O)[C@H](Cc1ccccc1)NCc1ccc2c(c1)OCC(=O)N2Cc1ccc(C(=N)N)cc1. The molecule has 2 amide bonds. The zero-order chi connectivity index (χ0) is 32.9. The number of hydrogen-bond acceptors (Lipinski definition) is 8. The normalized spacial score (nSPS) is 13.2. The monoisotopic (exact) mass is 617 g/mol. The van der Waals surface area contributed by atoms with Gasteiger partial charge in [-0.25, -0.2) is 4.79 Å². The maximum absolute atomic E-state index is 13.2. The van der Waals surface area contributed by atoms with E-state index in [0.717, 1.165) is 23.6 Å². The number of fused-ring (bicyclic) bond motifs is 1. The summed E-state index contributed by atoms with van der Waals surface area (Å²) in [4.78, 5) is 48.6. The molecular weight excluding hydrogens is 578 g/mol. The second-order valence-corrected chi connectivity index (χ2v) is 10.3. The van der Waals surface area contributed by atoms with Crippen molar-refractivity contribution in [1.82, 2.24) is 10.6 Å². The molecule has 1 aliphatic rings. The molecule has 0 unspecified atom stereocenters. The lowest BCUT2D eigenvalue weighted by molar-refractivity contribution is -0.147. The number of rotatable bonds is 12. The molecule has 0 spiro atoms. The van der Waals surface area contributed by atoms with Gasteiger partial charge in [0.2, 0.25) is 5.91 Å². The number of nitrogen functional groups attached to an aromatic ring is 1. The number of aliphatic carboxylic acids is 1. The van der Waals surface area contributed by atoms with Crippen LogP contribution in [0.3, 0.4) is 0 Å². The molecule has 0 saturated carbocycles. The van der Waals surface area contributed by atoms with Gasteiger partial charge in [0.05, 0.1) is 24.9 Å². The maximum atomic E-state index is 13.2. The molecule has 45 heavy (non-hydrogen) atoms. The van der Waals surface area contributed by atoms with Gasteiger partial charge in [-0.1, -0.05) is 60.7 Å². The van der Waals surface area contributed by atoms with Crippen molar-refractivity contribution in [3.8, 4) is 5.75 Å². The number of nitrogens with one attached hydrogen (secondary N) is 3. The number of anilines is 1. The summed E-state index contributed by atoms with van der Waals surface area (Å²) in [6.07, 6.45) is 0.425. The van der Waals surface area contributed by atoms with E-state index in [1.54, 1.807) is 30.9 Å². The highest BCUT2D eigenvalue weighted by Gasteiger charge is 2.27. The molecule has 6 N–H and O–H groups in total. The van der Waals surface area contributed by atoms with E-state index in [4.69, 9.17) is 30.5 Å². The first-order chi connectivity index (χ1) is 21.5. The number of carbonyl (C=O) groups excluding carboxylic acids is 3. The first-order valence-corrected chi connectivity index (χ1v) is 14.4. The number of hydrogen-bond donors (Lipinski definition) is 5. The third-order valence-electron chi connectivity index (χ3n) is 6.72. The molecule has 1 heterocycles. The molecule has 3 aromatic carbocycles. The van der Waals surface area contributed by atoms with Gasteiger partial charge in [-0.3, -0.25) is 19.8 Å². The summed E-state index contributed by atoms with van der Waals surface area (Å²) in [5.41, 5.74) is 9.56. The lowest BCUT2D eigenvalue weighted by Crippen LogP contribution is -2.50. The molecule has 0 aromatic heterocycles. The molecule has 4 rings (SSSR count). The summed E-state index contributed by atoms with van der Waals surface area (Å²) in [7, 11) is 0. The Bertz CT molecular complexity index is 1490. The highest BCUT2D eigenvalue weighted by atomic mass is 16.5. The first kappa shape index (κ1) is 34.3. The van der Waals surface area contributed by atoms with Gasteiger partial charge in [0.25, 0.3) is 11.9 Å². The minimum absolute atomic E-state index is 0.0116. The zero-order valence-electron chi connectivity index (χ0n) is 25.5. The fourth-order valence-electron chi connectivity index (χ4n) is 4.49. The summed E-state index contributed by atoms with van der Waals surface area (Å²) in [5, 5.41) is 21.0. The van der Waals surface area contributed by atoms with E-state index >= 15 is 0 Å². The van der Waals surface area contributed by atoms with Crippen LogP contribution in [0.15, 0.2) is 72.8 Å². The standard InChI is InChI=1S/C31H35N5O5.C2H4O2/c1-3-40-31(39)20(2)35-30(38)25(15-21-7-5-4-6-8-21)34-17-23-11-14-26-27(16-23)41-19-28(37)36(26)18-22-9-12-24(13-10-22)29(32)33;1-2(3)4/h4-14,16,20,25,34H,3,15,17-19H2,1-2H3,(H3,32,33)(H,35,38);1H3,(H,3,4)/t20-,25-;/m0./s1. The highest BCUT2D eigenvalue weighted by molar-refractivity contribution is 5.98. The topological polar surface area (TPSA) is 184 Å². The number of ether oxygens (including phenoxy) is 2. The molecule has 0 radical (unpaired) electrons. The van der Waals surface area contributed by atoms with Crippen LogP contribution >= 0.6 is 0 Å². The van der Waals surface area contributed by atoms with Crippen molar-refractivity contribution in [3.63, 3.8) is 0 Å². The number of benzene rings is 3. The lowest BCUT2D eigenvalue weighted by atomic mass is 10.0. The van der Waals surface area contributed by atoms with Gasteiger partial charge in [-0.2, -0.15) is 0 Å². The third kappa shape index (κ3) is 10.5. The Hall–Kier alpha value is -5.23. The predicted octanol–water partition coefficient (Wildman–Crippen LogP) is 2.76. The number of carboxylic acids is 1. The summed E-state index contributed by atoms with van der Waals surface area (Å²) in [6.45, 7) is 5.26. The van der Waals surface area contributed by atoms with Crippen LogP contribution < -0.4 is 26.0 Å². The molecular formula is C33H39N5O7. The molecule has 0 saturated heterocycles. The van der Waals surface area contributed by atoms with Crippen LogP contribution in [-0.4, -0.2) is 60.0 Å². The Morgan fingerprint density at radius 1 is 1.04 bits per heavy atom. The Morgan fingerprint density at radius 3 is 2.31 bits per heavy atom. The smallest absolute Gasteiger partial charge is 0.328 e. The number of nitrogens with zero attached hydrogens (tertiary/aromatic N) is 1. The maximum Gasteiger partial charge on any atom is 0.328 e. The van der Waals surface area contributed by atoms with Crippen LogP contribution in [-0.2, 0) is 43.4 Å². The lowest BCUT2D eigenvalue weighted by Gasteiger charge is -2.30. The summed E-state index contributed by atoms with van der Waals surface area (Å²) >= 11 is 0. The zero-order valence-corrected chi connectivity index (χ0v) is 25.5. The van der Waals surface area contributed by atoms with Crippen LogP contribution in [0.5, 0.6) is 5.75 Å². The van der Waals surface area contributed by atoms with E-state index in [-0.39, 0.29) is 30.9 Å². The van der Waals surface area contributed by atoms with Gasteiger partial charge in [-0.15, -0.1) is 0 Å². The van der Waals surface area contributed by atoms with Crippen molar-refractivity contribution in [2.45, 2.75) is 52.4 Å². The quantitative estimate of drug-likeness (QED) is 0.116. The molecule has 2 atom stereocenters. The Labute approximate surface area is 262 Å². The van der Waals surface area contributed by atoms with Gasteiger partial charge in [0.15, 0.2) is 6.61 Å². The summed E-state index contributed by atoms with van der Waals surface area (Å²) in [6, 6.07) is 21.0. The predicted molar refractivity (Wildman–Crippen MR) is 169 cm³/mol. The van der Waals surface area contributed by atoms with Crippen molar-refractivity contribution in [2.75, 3.05) is 18.1 Å². The van der Waals surface area contributed by atoms with Gasteiger partial charge >= 0.3 is 5.97 Å². The Balaban J connectivity index is 0.00000130. The second kappa shape index (κ2) is 16.6.